The molecule has 98 valence electrons. The summed E-state index contributed by atoms with van der Waals surface area (Å²) in [7, 11) is 0. The van der Waals surface area contributed by atoms with E-state index in [0.29, 0.717) is 12.6 Å². The van der Waals surface area contributed by atoms with Gasteiger partial charge in [-0.1, -0.05) is 0 Å². The van der Waals surface area contributed by atoms with Gasteiger partial charge in [-0.25, -0.2) is 0 Å². The summed E-state index contributed by atoms with van der Waals surface area (Å²) in [6, 6.07) is 8.37. The molecule has 0 bridgehead atoms. The SMILES string of the molecule is CCOc1ccc(C[NH+](CC(=O)[O-])C2CC2)cc1. The highest BCUT2D eigenvalue weighted by Gasteiger charge is 2.33. The van der Waals surface area contributed by atoms with E-state index in [1.807, 2.05) is 31.2 Å². The van der Waals surface area contributed by atoms with Gasteiger partial charge in [-0.05, 0) is 31.2 Å². The van der Waals surface area contributed by atoms with Crippen molar-refractivity contribution in [2.24, 2.45) is 0 Å². The highest BCUT2D eigenvalue weighted by Crippen LogP contribution is 2.16. The molecule has 0 spiro atoms. The number of carboxylic acids is 1. The molecule has 1 fully saturated rings. The fourth-order valence-electron chi connectivity index (χ4n) is 2.16. The third kappa shape index (κ3) is 3.74. The Hall–Kier alpha value is -1.55. The zero-order valence-electron chi connectivity index (χ0n) is 10.6. The van der Waals surface area contributed by atoms with Crippen molar-refractivity contribution in [3.63, 3.8) is 0 Å². The summed E-state index contributed by atoms with van der Waals surface area (Å²) in [5, 5.41) is 10.7. The molecule has 4 nitrogen and oxygen atoms in total. The molecule has 0 aliphatic heterocycles. The van der Waals surface area contributed by atoms with E-state index < -0.39 is 5.97 Å². The van der Waals surface area contributed by atoms with Gasteiger partial charge < -0.3 is 19.5 Å². The summed E-state index contributed by atoms with van der Waals surface area (Å²) in [6.45, 7) is 3.44. The average molecular weight is 249 g/mol. The van der Waals surface area contributed by atoms with Gasteiger partial charge in [-0.15, -0.1) is 0 Å². The second-order valence-electron chi connectivity index (χ2n) is 4.74. The van der Waals surface area contributed by atoms with E-state index in [2.05, 4.69) is 0 Å². The number of aliphatic carboxylic acids is 1. The van der Waals surface area contributed by atoms with E-state index in [0.717, 1.165) is 35.6 Å². The topological polar surface area (TPSA) is 53.8 Å². The monoisotopic (exact) mass is 249 g/mol. The minimum atomic E-state index is -0.970. The van der Waals surface area contributed by atoms with Gasteiger partial charge in [0, 0.05) is 18.4 Å². The number of quaternary nitrogens is 1. The van der Waals surface area contributed by atoms with Crippen LogP contribution in [0.3, 0.4) is 0 Å². The van der Waals surface area contributed by atoms with Gasteiger partial charge in [0.2, 0.25) is 0 Å². The smallest absolute Gasteiger partial charge is 0.119 e. The van der Waals surface area contributed by atoms with Gasteiger partial charge >= 0.3 is 0 Å². The molecule has 1 atom stereocenters. The van der Waals surface area contributed by atoms with Crippen molar-refractivity contribution in [2.75, 3.05) is 13.2 Å². The van der Waals surface area contributed by atoms with E-state index >= 15 is 0 Å². The van der Waals surface area contributed by atoms with Crippen LogP contribution in [-0.2, 0) is 11.3 Å². The quantitative estimate of drug-likeness (QED) is 0.701. The first-order chi connectivity index (χ1) is 8.69. The first-order valence-corrected chi connectivity index (χ1v) is 6.45. The molecule has 1 saturated carbocycles. The van der Waals surface area contributed by atoms with Crippen LogP contribution in [0.2, 0.25) is 0 Å². The van der Waals surface area contributed by atoms with Crippen molar-refractivity contribution in [1.82, 2.24) is 0 Å². The molecular formula is C14H19NO3. The molecule has 1 N–H and O–H groups in total. The molecular weight excluding hydrogens is 230 g/mol. The number of ether oxygens (including phenoxy) is 1. The standard InChI is InChI=1S/C14H19NO3/c1-2-18-13-7-3-11(4-8-13)9-15(10-14(16)17)12-5-6-12/h3-4,7-8,12H,2,5-6,9-10H2,1H3,(H,16,17). The molecule has 4 heteroatoms. The fourth-order valence-corrected chi connectivity index (χ4v) is 2.16. The van der Waals surface area contributed by atoms with Gasteiger partial charge in [0.15, 0.2) is 0 Å². The molecule has 1 aromatic rings. The summed E-state index contributed by atoms with van der Waals surface area (Å²) >= 11 is 0. The van der Waals surface area contributed by atoms with Crippen LogP contribution in [-0.4, -0.2) is 25.2 Å². The van der Waals surface area contributed by atoms with Crippen LogP contribution >= 0.6 is 0 Å². The third-order valence-corrected chi connectivity index (χ3v) is 3.19. The summed E-state index contributed by atoms with van der Waals surface area (Å²) in [4.78, 5) is 11.8. The predicted octanol–water partition coefficient (Wildman–Crippen LogP) is -0.617. The maximum absolute atomic E-state index is 10.7. The van der Waals surface area contributed by atoms with E-state index in [9.17, 15) is 9.90 Å². The van der Waals surface area contributed by atoms with E-state index in [4.69, 9.17) is 4.74 Å². The molecule has 0 saturated heterocycles. The highest BCUT2D eigenvalue weighted by molar-refractivity contribution is 5.65. The lowest BCUT2D eigenvalue weighted by atomic mass is 10.2. The number of hydrogen-bond acceptors (Lipinski definition) is 3. The molecule has 0 heterocycles. The predicted molar refractivity (Wildman–Crippen MR) is 65.2 cm³/mol. The maximum Gasteiger partial charge on any atom is 0.119 e. The van der Waals surface area contributed by atoms with Crippen molar-refractivity contribution in [1.29, 1.82) is 0 Å². The summed E-state index contributed by atoms with van der Waals surface area (Å²) in [5.41, 5.74) is 1.14. The number of carbonyl (C=O) groups is 1. The first-order valence-electron chi connectivity index (χ1n) is 6.45. The van der Waals surface area contributed by atoms with Crippen LogP contribution in [0.25, 0.3) is 0 Å². The van der Waals surface area contributed by atoms with E-state index in [1.165, 1.54) is 0 Å². The second-order valence-corrected chi connectivity index (χ2v) is 4.74. The molecule has 1 aromatic carbocycles. The van der Waals surface area contributed by atoms with Gasteiger partial charge in [0.05, 0.1) is 18.6 Å². The van der Waals surface area contributed by atoms with Gasteiger partial charge in [-0.2, -0.15) is 0 Å². The Labute approximate surface area is 107 Å². The number of carbonyl (C=O) groups excluding carboxylic acids is 1. The highest BCUT2D eigenvalue weighted by atomic mass is 16.5. The van der Waals surface area contributed by atoms with Gasteiger partial charge in [0.1, 0.15) is 18.8 Å². The van der Waals surface area contributed by atoms with Crippen molar-refractivity contribution >= 4 is 5.97 Å². The summed E-state index contributed by atoms with van der Waals surface area (Å²) in [5.74, 6) is -0.114. The minimum Gasteiger partial charge on any atom is -0.544 e. The molecule has 2 rings (SSSR count). The normalized spacial score (nSPS) is 16.3. The number of carboxylic acid groups (broad SMARTS) is 1. The van der Waals surface area contributed by atoms with E-state index in [1.54, 1.807) is 0 Å². The third-order valence-electron chi connectivity index (χ3n) is 3.19. The van der Waals surface area contributed by atoms with Crippen molar-refractivity contribution in [2.45, 2.75) is 32.4 Å². The lowest BCUT2D eigenvalue weighted by Gasteiger charge is -2.19. The Morgan fingerprint density at radius 3 is 2.56 bits per heavy atom. The second kappa shape index (κ2) is 5.87. The average Bonchev–Trinajstić information content (AvgIpc) is 3.14. The van der Waals surface area contributed by atoms with Crippen LogP contribution < -0.4 is 14.7 Å². The zero-order valence-corrected chi connectivity index (χ0v) is 10.6. The van der Waals surface area contributed by atoms with Crippen molar-refractivity contribution in [3.05, 3.63) is 29.8 Å². The molecule has 1 unspecified atom stereocenters. The van der Waals surface area contributed by atoms with Gasteiger partial charge in [0.25, 0.3) is 0 Å². The van der Waals surface area contributed by atoms with E-state index in [-0.39, 0.29) is 6.54 Å². The summed E-state index contributed by atoms with van der Waals surface area (Å²) in [6.07, 6.45) is 2.25. The Morgan fingerprint density at radius 2 is 2.06 bits per heavy atom. The lowest BCUT2D eigenvalue weighted by molar-refractivity contribution is -0.919. The maximum atomic E-state index is 10.7. The van der Waals surface area contributed by atoms with Crippen LogP contribution in [0.15, 0.2) is 24.3 Å². The molecule has 1 aliphatic rings. The van der Waals surface area contributed by atoms with Crippen LogP contribution in [0, 0.1) is 0 Å². The molecule has 18 heavy (non-hydrogen) atoms. The molecule has 0 amide bonds. The minimum absolute atomic E-state index is 0.0951. The fraction of sp³-hybridized carbons (Fsp3) is 0.500. The van der Waals surface area contributed by atoms with Crippen molar-refractivity contribution < 1.29 is 19.5 Å². The Kier molecular flexibility index (Phi) is 4.20. The van der Waals surface area contributed by atoms with Gasteiger partial charge in [-0.3, -0.25) is 0 Å². The Bertz CT molecular complexity index is 398. The zero-order chi connectivity index (χ0) is 13.0. The number of hydrogen-bond donors (Lipinski definition) is 1. The number of nitrogens with one attached hydrogen (secondary N) is 1. The largest absolute Gasteiger partial charge is 0.544 e. The molecule has 0 aromatic heterocycles. The first kappa shape index (κ1) is 12.9. The van der Waals surface area contributed by atoms with Crippen LogP contribution in [0.4, 0.5) is 0 Å². The molecule has 0 radical (unpaired) electrons. The Balaban J connectivity index is 1.95. The Morgan fingerprint density at radius 1 is 1.39 bits per heavy atom. The number of benzene rings is 1. The van der Waals surface area contributed by atoms with Crippen LogP contribution in [0.1, 0.15) is 25.3 Å². The number of rotatable bonds is 7. The van der Waals surface area contributed by atoms with Crippen molar-refractivity contribution in [3.8, 4) is 5.75 Å². The summed E-state index contributed by atoms with van der Waals surface area (Å²) < 4.78 is 5.38. The lowest BCUT2D eigenvalue weighted by Crippen LogP contribution is -3.13. The molecule has 1 aliphatic carbocycles. The van der Waals surface area contributed by atoms with Crippen LogP contribution in [0.5, 0.6) is 5.75 Å².